The molecule has 1 aliphatic heterocycles. The smallest absolute Gasteiger partial charge is 0.132 e. The molecule has 0 fully saturated rings. The van der Waals surface area contributed by atoms with Crippen LogP contribution in [0.3, 0.4) is 0 Å². The van der Waals surface area contributed by atoms with Crippen molar-refractivity contribution >= 4 is 21.8 Å². The lowest BCUT2D eigenvalue weighted by atomic mass is 9.63. The molecule has 4 nitrogen and oxygen atoms in total. The molecule has 0 radical (unpaired) electrons. The van der Waals surface area contributed by atoms with Gasteiger partial charge in [0.05, 0.1) is 28.1 Å². The highest BCUT2D eigenvalue weighted by atomic mass is 16.5. The lowest BCUT2D eigenvalue weighted by molar-refractivity contribution is 0.434. The number of pyridine rings is 1. The largest absolute Gasteiger partial charge is 0.457 e. The van der Waals surface area contributed by atoms with E-state index in [0.29, 0.717) is 5.56 Å². The van der Waals surface area contributed by atoms with Crippen LogP contribution in [-0.4, -0.2) is 9.55 Å². The molecule has 0 saturated carbocycles. The minimum atomic E-state index is -0.607. The van der Waals surface area contributed by atoms with Crippen LogP contribution in [0.2, 0.25) is 0 Å². The van der Waals surface area contributed by atoms with Crippen molar-refractivity contribution in [3.05, 3.63) is 216 Å². The highest BCUT2D eigenvalue weighted by molar-refractivity contribution is 6.11. The fourth-order valence-electron chi connectivity index (χ4n) is 8.29. The van der Waals surface area contributed by atoms with Crippen LogP contribution in [0.25, 0.3) is 49.7 Å². The van der Waals surface area contributed by atoms with Gasteiger partial charge in [0.2, 0.25) is 0 Å². The van der Waals surface area contributed by atoms with E-state index in [1.54, 1.807) is 6.20 Å². The van der Waals surface area contributed by atoms with Crippen LogP contribution < -0.4 is 4.74 Å². The zero-order valence-electron chi connectivity index (χ0n) is 28.6. The van der Waals surface area contributed by atoms with Gasteiger partial charge in [-0.25, -0.2) is 0 Å². The Morgan fingerprint density at radius 2 is 1.15 bits per heavy atom. The second kappa shape index (κ2) is 12.2. The molecule has 0 unspecified atom stereocenters. The van der Waals surface area contributed by atoms with E-state index in [0.717, 1.165) is 72.4 Å². The Bertz CT molecular complexity index is 2830. The van der Waals surface area contributed by atoms with E-state index in [1.165, 1.54) is 11.1 Å². The quantitative estimate of drug-likeness (QED) is 0.182. The molecule has 0 saturated heterocycles. The summed E-state index contributed by atoms with van der Waals surface area (Å²) < 4.78 is 8.97. The van der Waals surface area contributed by atoms with E-state index in [9.17, 15) is 5.26 Å². The summed E-state index contributed by atoms with van der Waals surface area (Å²) in [4.78, 5) is 4.35. The summed E-state index contributed by atoms with van der Waals surface area (Å²) >= 11 is 0. The lowest BCUT2D eigenvalue weighted by Crippen LogP contribution is -2.34. The molecule has 53 heavy (non-hydrogen) atoms. The summed E-state index contributed by atoms with van der Waals surface area (Å²) in [6, 6.07) is 64.1. The molecule has 0 aliphatic carbocycles. The number of benzene rings is 7. The van der Waals surface area contributed by atoms with Crippen LogP contribution in [0.15, 0.2) is 188 Å². The molecule has 2 aromatic heterocycles. The summed E-state index contributed by atoms with van der Waals surface area (Å²) in [7, 11) is 0. The summed E-state index contributed by atoms with van der Waals surface area (Å²) in [6.45, 7) is 0. The van der Waals surface area contributed by atoms with Gasteiger partial charge in [-0.15, -0.1) is 0 Å². The minimum absolute atomic E-state index is 0.607. The second-order valence-corrected chi connectivity index (χ2v) is 13.5. The lowest BCUT2D eigenvalue weighted by Gasteiger charge is -2.41. The Hall–Kier alpha value is -7.22. The molecule has 7 aromatic carbocycles. The van der Waals surface area contributed by atoms with Gasteiger partial charge in [-0.1, -0.05) is 109 Å². The van der Waals surface area contributed by atoms with Crippen LogP contribution in [0.1, 0.15) is 27.8 Å². The van der Waals surface area contributed by atoms with Crippen LogP contribution >= 0.6 is 0 Å². The van der Waals surface area contributed by atoms with Crippen LogP contribution in [-0.2, 0) is 5.41 Å². The first-order valence-corrected chi connectivity index (χ1v) is 17.7. The fraction of sp³-hybridized carbons (Fsp3) is 0.0204. The Morgan fingerprint density at radius 3 is 1.91 bits per heavy atom. The molecule has 0 bridgehead atoms. The van der Waals surface area contributed by atoms with Crippen molar-refractivity contribution in [3.8, 4) is 45.5 Å². The van der Waals surface area contributed by atoms with E-state index in [4.69, 9.17) is 4.74 Å². The predicted octanol–water partition coefficient (Wildman–Crippen LogP) is 11.9. The van der Waals surface area contributed by atoms with Crippen molar-refractivity contribution in [2.75, 3.05) is 0 Å². The van der Waals surface area contributed by atoms with Gasteiger partial charge >= 0.3 is 0 Å². The van der Waals surface area contributed by atoms with E-state index in [-0.39, 0.29) is 0 Å². The molecule has 0 N–H and O–H groups in total. The third-order valence-electron chi connectivity index (χ3n) is 10.6. The highest BCUT2D eigenvalue weighted by Gasteiger charge is 2.45. The SMILES string of the molecule is N#Cc1ccc2c(c1)c1cc(-c3ccc4c(c3)C(c3ccccc3)(c3ccccc3)c3ccccc3O4)ccc1n2-c1cccc(-c2cccnc2)c1. The molecule has 1 aliphatic rings. The number of aromatic nitrogens is 2. The van der Waals surface area contributed by atoms with Crippen molar-refractivity contribution in [3.63, 3.8) is 0 Å². The van der Waals surface area contributed by atoms with Gasteiger partial charge in [-0.2, -0.15) is 5.26 Å². The van der Waals surface area contributed by atoms with Gasteiger partial charge in [0.1, 0.15) is 11.5 Å². The number of nitriles is 1. The average Bonchev–Trinajstić information content (AvgIpc) is 3.56. The van der Waals surface area contributed by atoms with Gasteiger partial charge < -0.3 is 9.30 Å². The van der Waals surface area contributed by atoms with Crippen molar-refractivity contribution < 1.29 is 4.74 Å². The van der Waals surface area contributed by atoms with Crippen LogP contribution in [0.5, 0.6) is 11.5 Å². The molecule has 0 atom stereocenters. The van der Waals surface area contributed by atoms with Crippen molar-refractivity contribution in [1.82, 2.24) is 9.55 Å². The summed E-state index contributed by atoms with van der Waals surface area (Å²) in [5, 5.41) is 12.0. The Morgan fingerprint density at radius 1 is 0.509 bits per heavy atom. The third kappa shape index (κ3) is 4.79. The Labute approximate surface area is 307 Å². The maximum absolute atomic E-state index is 9.93. The second-order valence-electron chi connectivity index (χ2n) is 13.5. The third-order valence-corrected chi connectivity index (χ3v) is 10.6. The monoisotopic (exact) mass is 677 g/mol. The van der Waals surface area contributed by atoms with E-state index in [1.807, 2.05) is 30.5 Å². The number of rotatable bonds is 5. The number of hydrogen-bond acceptors (Lipinski definition) is 3. The van der Waals surface area contributed by atoms with E-state index < -0.39 is 5.41 Å². The Balaban J connectivity index is 1.20. The molecule has 4 heteroatoms. The zero-order valence-corrected chi connectivity index (χ0v) is 28.6. The molecule has 0 amide bonds. The highest BCUT2D eigenvalue weighted by Crippen LogP contribution is 2.56. The molecule has 0 spiro atoms. The van der Waals surface area contributed by atoms with Gasteiger partial charge in [0.15, 0.2) is 0 Å². The predicted molar refractivity (Wildman–Crippen MR) is 213 cm³/mol. The molecule has 248 valence electrons. The Kier molecular flexibility index (Phi) is 7.06. The number of ether oxygens (including phenoxy) is 1. The standard InChI is InChI=1S/C49H31N3O/c50-31-33-20-23-45-41(27-33)42-29-35(21-24-46(42)52(45)40-17-9-11-34(28-40)37-12-10-26-51-32-37)36-22-25-48-44(30-36)49(38-13-3-1-4-14-38,39-15-5-2-6-16-39)43-18-7-8-19-47(43)53-48/h1-30,32H. The van der Waals surface area contributed by atoms with Crippen LogP contribution in [0.4, 0.5) is 0 Å². The van der Waals surface area contributed by atoms with Crippen molar-refractivity contribution in [2.45, 2.75) is 5.41 Å². The normalized spacial score (nSPS) is 12.8. The van der Waals surface area contributed by atoms with Crippen molar-refractivity contribution in [1.29, 1.82) is 5.26 Å². The van der Waals surface area contributed by atoms with E-state index >= 15 is 0 Å². The molecular formula is C49H31N3O. The van der Waals surface area contributed by atoms with Crippen LogP contribution in [0, 0.1) is 11.3 Å². The van der Waals surface area contributed by atoms with Gasteiger partial charge in [0.25, 0.3) is 0 Å². The topological polar surface area (TPSA) is 50.8 Å². The van der Waals surface area contributed by atoms with Gasteiger partial charge in [0, 0.05) is 45.5 Å². The zero-order chi connectivity index (χ0) is 35.4. The first-order valence-electron chi connectivity index (χ1n) is 17.7. The van der Waals surface area contributed by atoms with E-state index in [2.05, 4.69) is 167 Å². The minimum Gasteiger partial charge on any atom is -0.457 e. The maximum Gasteiger partial charge on any atom is 0.132 e. The maximum atomic E-state index is 9.93. The number of hydrogen-bond donors (Lipinski definition) is 0. The first kappa shape index (κ1) is 30.6. The molecule has 9 aromatic rings. The van der Waals surface area contributed by atoms with Crippen molar-refractivity contribution in [2.24, 2.45) is 0 Å². The molecular weight excluding hydrogens is 647 g/mol. The summed E-state index contributed by atoms with van der Waals surface area (Å²) in [5.74, 6) is 1.69. The fourth-order valence-corrected chi connectivity index (χ4v) is 8.29. The number of para-hydroxylation sites is 1. The number of nitrogens with zero attached hydrogens (tertiary/aromatic N) is 3. The summed E-state index contributed by atoms with van der Waals surface area (Å²) in [5.41, 5.74) is 12.1. The number of fused-ring (bicyclic) bond motifs is 5. The van der Waals surface area contributed by atoms with Gasteiger partial charge in [-0.05, 0) is 94.5 Å². The average molecular weight is 678 g/mol. The molecule has 10 rings (SSSR count). The molecule has 3 heterocycles. The van der Waals surface area contributed by atoms with Gasteiger partial charge in [-0.3, -0.25) is 4.98 Å². The summed E-state index contributed by atoms with van der Waals surface area (Å²) in [6.07, 6.45) is 3.69. The first-order chi connectivity index (χ1) is 26.2.